The van der Waals surface area contributed by atoms with Crippen LogP contribution in [0.25, 0.3) is 0 Å². The first-order valence-corrected chi connectivity index (χ1v) is 6.34. The van der Waals surface area contributed by atoms with Crippen molar-refractivity contribution in [1.29, 1.82) is 0 Å². The molecule has 2 unspecified atom stereocenters. The number of benzene rings is 1. The highest BCUT2D eigenvalue weighted by molar-refractivity contribution is 5.56. The smallest absolute Gasteiger partial charge is 0.146 e. The van der Waals surface area contributed by atoms with Crippen LogP contribution >= 0.6 is 0 Å². The molecule has 1 heterocycles. The zero-order chi connectivity index (χ0) is 12.4. The molecule has 0 amide bonds. The van der Waals surface area contributed by atoms with Crippen LogP contribution in [0, 0.1) is 11.7 Å². The molecule has 0 aromatic heterocycles. The highest BCUT2D eigenvalue weighted by atomic mass is 19.1. The maximum Gasteiger partial charge on any atom is 0.146 e. The lowest BCUT2D eigenvalue weighted by Gasteiger charge is -2.25. The fourth-order valence-corrected chi connectivity index (χ4v) is 2.51. The van der Waals surface area contributed by atoms with Crippen molar-refractivity contribution in [3.63, 3.8) is 0 Å². The maximum atomic E-state index is 14.1. The van der Waals surface area contributed by atoms with Crippen LogP contribution < -0.4 is 10.2 Å². The van der Waals surface area contributed by atoms with Gasteiger partial charge in [-0.25, -0.2) is 4.39 Å². The third-order valence-corrected chi connectivity index (χ3v) is 3.66. The van der Waals surface area contributed by atoms with Gasteiger partial charge in [0.05, 0.1) is 5.69 Å². The van der Waals surface area contributed by atoms with E-state index in [1.807, 2.05) is 13.1 Å². The third-order valence-electron chi connectivity index (χ3n) is 3.66. The zero-order valence-electron chi connectivity index (χ0n) is 10.8. The first kappa shape index (κ1) is 12.4. The molecule has 17 heavy (non-hydrogen) atoms. The molecule has 1 aliphatic rings. The molecule has 0 aliphatic carbocycles. The van der Waals surface area contributed by atoms with Crippen LogP contribution in [0.5, 0.6) is 0 Å². The highest BCUT2D eigenvalue weighted by Crippen LogP contribution is 2.32. The second-order valence-electron chi connectivity index (χ2n) is 5.03. The van der Waals surface area contributed by atoms with E-state index < -0.39 is 0 Å². The molecule has 0 radical (unpaired) electrons. The van der Waals surface area contributed by atoms with Crippen LogP contribution in [0.4, 0.5) is 10.1 Å². The number of hydrogen-bond donors (Lipinski definition) is 1. The van der Waals surface area contributed by atoms with Crippen molar-refractivity contribution < 1.29 is 4.39 Å². The number of nitrogens with zero attached hydrogens (tertiary/aromatic N) is 1. The molecule has 1 saturated heterocycles. The van der Waals surface area contributed by atoms with Gasteiger partial charge >= 0.3 is 0 Å². The molecule has 0 spiro atoms. The summed E-state index contributed by atoms with van der Waals surface area (Å²) < 4.78 is 14.1. The van der Waals surface area contributed by atoms with Crippen LogP contribution in [0.1, 0.15) is 31.9 Å². The third kappa shape index (κ3) is 2.44. The Bertz CT molecular complexity index is 392. The Morgan fingerprint density at radius 1 is 1.47 bits per heavy atom. The van der Waals surface area contributed by atoms with E-state index in [1.54, 1.807) is 12.1 Å². The first-order chi connectivity index (χ1) is 8.13. The number of hydrogen-bond acceptors (Lipinski definition) is 2. The van der Waals surface area contributed by atoms with Crippen molar-refractivity contribution in [2.45, 2.75) is 26.3 Å². The lowest BCUT2D eigenvalue weighted by atomic mass is 10.0. The van der Waals surface area contributed by atoms with E-state index in [9.17, 15) is 4.39 Å². The molecule has 0 saturated carbocycles. The Morgan fingerprint density at radius 3 is 2.82 bits per heavy atom. The normalized spacial score (nSPS) is 21.9. The van der Waals surface area contributed by atoms with E-state index in [2.05, 4.69) is 24.1 Å². The van der Waals surface area contributed by atoms with Gasteiger partial charge in [-0.05, 0) is 37.9 Å². The monoisotopic (exact) mass is 236 g/mol. The Balaban J connectivity index is 2.37. The van der Waals surface area contributed by atoms with Crippen LogP contribution in [-0.4, -0.2) is 20.1 Å². The van der Waals surface area contributed by atoms with E-state index in [1.165, 1.54) is 0 Å². The van der Waals surface area contributed by atoms with Crippen molar-refractivity contribution in [3.05, 3.63) is 29.6 Å². The summed E-state index contributed by atoms with van der Waals surface area (Å²) in [7, 11) is 1.91. The summed E-state index contributed by atoms with van der Waals surface area (Å²) in [5, 5.41) is 3.19. The molecule has 2 atom stereocenters. The average Bonchev–Trinajstić information content (AvgIpc) is 2.74. The van der Waals surface area contributed by atoms with Crippen molar-refractivity contribution in [1.82, 2.24) is 5.32 Å². The minimum Gasteiger partial charge on any atom is -0.369 e. The van der Waals surface area contributed by atoms with Gasteiger partial charge < -0.3 is 10.2 Å². The van der Waals surface area contributed by atoms with Gasteiger partial charge in [-0.3, -0.25) is 0 Å². The van der Waals surface area contributed by atoms with Gasteiger partial charge in [0.15, 0.2) is 0 Å². The number of para-hydroxylation sites is 1. The molecular formula is C14H21FN2. The predicted molar refractivity (Wildman–Crippen MR) is 69.9 cm³/mol. The Morgan fingerprint density at radius 2 is 2.24 bits per heavy atom. The summed E-state index contributed by atoms with van der Waals surface area (Å²) in [6.45, 7) is 6.22. The number of halogens is 1. The molecule has 3 heteroatoms. The van der Waals surface area contributed by atoms with E-state index >= 15 is 0 Å². The standard InChI is InChI=1S/C14H21FN2/c1-10-7-8-17(9-10)14-12(11(2)16-3)5-4-6-13(14)15/h4-6,10-11,16H,7-9H2,1-3H3. The summed E-state index contributed by atoms with van der Waals surface area (Å²) in [5.41, 5.74) is 1.85. The SMILES string of the molecule is CNC(C)c1cccc(F)c1N1CCC(C)C1. The predicted octanol–water partition coefficient (Wildman–Crippen LogP) is 2.95. The lowest BCUT2D eigenvalue weighted by molar-refractivity contribution is 0.600. The molecular weight excluding hydrogens is 215 g/mol. The van der Waals surface area contributed by atoms with E-state index in [-0.39, 0.29) is 11.9 Å². The van der Waals surface area contributed by atoms with E-state index in [0.29, 0.717) is 5.92 Å². The fraction of sp³-hybridized carbons (Fsp3) is 0.571. The Hall–Kier alpha value is -1.09. The summed E-state index contributed by atoms with van der Waals surface area (Å²) in [6, 6.07) is 5.55. The Labute approximate surface area is 103 Å². The molecule has 1 fully saturated rings. The van der Waals surface area contributed by atoms with E-state index in [0.717, 1.165) is 30.8 Å². The maximum absolute atomic E-state index is 14.1. The van der Waals surface area contributed by atoms with Crippen molar-refractivity contribution in [2.75, 3.05) is 25.0 Å². The van der Waals surface area contributed by atoms with Gasteiger partial charge in [0.2, 0.25) is 0 Å². The van der Waals surface area contributed by atoms with Gasteiger partial charge in [0.1, 0.15) is 5.82 Å². The van der Waals surface area contributed by atoms with Crippen molar-refractivity contribution >= 4 is 5.69 Å². The molecule has 1 aromatic rings. The number of nitrogens with one attached hydrogen (secondary N) is 1. The van der Waals surface area contributed by atoms with Crippen molar-refractivity contribution in [3.8, 4) is 0 Å². The summed E-state index contributed by atoms with van der Waals surface area (Å²) in [6.07, 6.45) is 1.15. The molecule has 2 rings (SSSR count). The molecule has 0 bridgehead atoms. The van der Waals surface area contributed by atoms with Gasteiger partial charge in [-0.2, -0.15) is 0 Å². The highest BCUT2D eigenvalue weighted by Gasteiger charge is 2.24. The second kappa shape index (κ2) is 5.05. The largest absolute Gasteiger partial charge is 0.369 e. The molecule has 1 N–H and O–H groups in total. The molecule has 2 nitrogen and oxygen atoms in total. The average molecular weight is 236 g/mol. The molecule has 1 aromatic carbocycles. The quantitative estimate of drug-likeness (QED) is 0.868. The summed E-state index contributed by atoms with van der Waals surface area (Å²) in [5.74, 6) is 0.561. The summed E-state index contributed by atoms with van der Waals surface area (Å²) >= 11 is 0. The van der Waals surface area contributed by atoms with Gasteiger partial charge in [-0.15, -0.1) is 0 Å². The zero-order valence-corrected chi connectivity index (χ0v) is 10.8. The van der Waals surface area contributed by atoms with Gasteiger partial charge in [0.25, 0.3) is 0 Å². The minimum atomic E-state index is -0.0984. The first-order valence-electron chi connectivity index (χ1n) is 6.34. The number of anilines is 1. The lowest BCUT2D eigenvalue weighted by Crippen LogP contribution is -2.24. The fourth-order valence-electron chi connectivity index (χ4n) is 2.51. The minimum absolute atomic E-state index is 0.0984. The number of rotatable bonds is 3. The summed E-state index contributed by atoms with van der Waals surface area (Å²) in [4.78, 5) is 2.18. The van der Waals surface area contributed by atoms with Crippen LogP contribution in [0.15, 0.2) is 18.2 Å². The molecule has 94 valence electrons. The van der Waals surface area contributed by atoms with Crippen LogP contribution in [0.3, 0.4) is 0 Å². The second-order valence-corrected chi connectivity index (χ2v) is 5.03. The van der Waals surface area contributed by atoms with Gasteiger partial charge in [0, 0.05) is 19.1 Å². The topological polar surface area (TPSA) is 15.3 Å². The van der Waals surface area contributed by atoms with Crippen LogP contribution in [-0.2, 0) is 0 Å². The Kier molecular flexibility index (Phi) is 3.67. The molecule has 1 aliphatic heterocycles. The van der Waals surface area contributed by atoms with Crippen molar-refractivity contribution in [2.24, 2.45) is 5.92 Å². The van der Waals surface area contributed by atoms with Crippen LogP contribution in [0.2, 0.25) is 0 Å². The van der Waals surface area contributed by atoms with Gasteiger partial charge in [-0.1, -0.05) is 19.1 Å². The van der Waals surface area contributed by atoms with E-state index in [4.69, 9.17) is 0 Å².